The van der Waals surface area contributed by atoms with Gasteiger partial charge in [-0.2, -0.15) is 0 Å². The molecule has 5 nitrogen and oxygen atoms in total. The Labute approximate surface area is 138 Å². The third-order valence-electron chi connectivity index (χ3n) is 4.30. The summed E-state index contributed by atoms with van der Waals surface area (Å²) in [7, 11) is 0. The van der Waals surface area contributed by atoms with Crippen LogP contribution in [-0.2, 0) is 11.3 Å². The van der Waals surface area contributed by atoms with Gasteiger partial charge in [0.25, 0.3) is 0 Å². The molecule has 0 bridgehead atoms. The van der Waals surface area contributed by atoms with Crippen molar-refractivity contribution in [3.05, 3.63) is 29.8 Å². The van der Waals surface area contributed by atoms with Gasteiger partial charge in [0.15, 0.2) is 0 Å². The largest absolute Gasteiger partial charge is 0.388 e. The van der Waals surface area contributed by atoms with E-state index in [0.29, 0.717) is 19.8 Å². The van der Waals surface area contributed by atoms with Crippen LogP contribution in [0.1, 0.15) is 51.0 Å². The number of amides is 2. The van der Waals surface area contributed by atoms with Gasteiger partial charge >= 0.3 is 6.03 Å². The highest BCUT2D eigenvalue weighted by atomic mass is 16.5. The second-order valence-corrected chi connectivity index (χ2v) is 6.28. The molecule has 0 spiro atoms. The van der Waals surface area contributed by atoms with Gasteiger partial charge in [-0.3, -0.25) is 0 Å². The average molecular weight is 320 g/mol. The molecule has 3 N–H and O–H groups in total. The summed E-state index contributed by atoms with van der Waals surface area (Å²) in [5.74, 6) is 0. The Morgan fingerprint density at radius 3 is 2.43 bits per heavy atom. The lowest BCUT2D eigenvalue weighted by molar-refractivity contribution is 0.0281. The standard InChI is InChI=1S/C18H28N2O3/c1-2-23-13-15-7-9-16(10-8-15)20-17(21)19-14-18(22)11-5-3-4-6-12-18/h7-10,22H,2-6,11-14H2,1H3,(H2,19,20,21). The number of nitrogens with one attached hydrogen (secondary N) is 2. The maximum atomic E-state index is 12.0. The molecule has 1 aliphatic rings. The molecule has 1 aromatic carbocycles. The highest BCUT2D eigenvalue weighted by Gasteiger charge is 2.28. The quantitative estimate of drug-likeness (QED) is 0.703. The van der Waals surface area contributed by atoms with Crippen molar-refractivity contribution in [1.82, 2.24) is 5.32 Å². The summed E-state index contributed by atoms with van der Waals surface area (Å²) in [5, 5.41) is 16.1. The number of carbonyl (C=O) groups excluding carboxylic acids is 1. The van der Waals surface area contributed by atoms with Gasteiger partial charge in [0.05, 0.1) is 12.2 Å². The second kappa shape index (κ2) is 8.89. The van der Waals surface area contributed by atoms with Crippen LogP contribution in [0.4, 0.5) is 10.5 Å². The van der Waals surface area contributed by atoms with Crippen molar-refractivity contribution in [3.63, 3.8) is 0 Å². The van der Waals surface area contributed by atoms with E-state index in [1.54, 1.807) is 0 Å². The Hall–Kier alpha value is -1.59. The molecule has 0 unspecified atom stereocenters. The van der Waals surface area contributed by atoms with Gasteiger partial charge in [-0.15, -0.1) is 0 Å². The van der Waals surface area contributed by atoms with Gasteiger partial charge in [0, 0.05) is 18.8 Å². The molecule has 0 aromatic heterocycles. The molecule has 1 saturated carbocycles. The SMILES string of the molecule is CCOCc1ccc(NC(=O)NCC2(O)CCCCCC2)cc1. The first-order chi connectivity index (χ1) is 11.1. The number of hydrogen-bond acceptors (Lipinski definition) is 3. The summed E-state index contributed by atoms with van der Waals surface area (Å²) in [5.41, 5.74) is 1.05. The summed E-state index contributed by atoms with van der Waals surface area (Å²) in [6.45, 7) is 3.53. The first-order valence-electron chi connectivity index (χ1n) is 8.55. The summed E-state index contributed by atoms with van der Waals surface area (Å²) >= 11 is 0. The maximum absolute atomic E-state index is 12.0. The predicted octanol–water partition coefficient (Wildman–Crippen LogP) is 3.43. The molecule has 5 heteroatoms. The minimum absolute atomic E-state index is 0.278. The monoisotopic (exact) mass is 320 g/mol. The van der Waals surface area contributed by atoms with E-state index >= 15 is 0 Å². The van der Waals surface area contributed by atoms with E-state index in [9.17, 15) is 9.90 Å². The van der Waals surface area contributed by atoms with Crippen molar-refractivity contribution in [1.29, 1.82) is 0 Å². The van der Waals surface area contributed by atoms with E-state index < -0.39 is 5.60 Å². The zero-order valence-electron chi connectivity index (χ0n) is 13.9. The predicted molar refractivity (Wildman–Crippen MR) is 91.4 cm³/mol. The molecular weight excluding hydrogens is 292 g/mol. The molecule has 2 amide bonds. The summed E-state index contributed by atoms with van der Waals surface area (Å²) < 4.78 is 5.34. The summed E-state index contributed by atoms with van der Waals surface area (Å²) in [4.78, 5) is 12.0. The molecule has 1 fully saturated rings. The fourth-order valence-electron chi connectivity index (χ4n) is 2.89. The van der Waals surface area contributed by atoms with Gasteiger partial charge in [-0.25, -0.2) is 4.79 Å². The van der Waals surface area contributed by atoms with Gasteiger partial charge in [0.2, 0.25) is 0 Å². The Kier molecular flexibility index (Phi) is 6.86. The van der Waals surface area contributed by atoms with Gasteiger partial charge in [0.1, 0.15) is 0 Å². The highest BCUT2D eigenvalue weighted by molar-refractivity contribution is 5.89. The van der Waals surface area contributed by atoms with E-state index in [1.165, 1.54) is 12.8 Å². The number of benzene rings is 1. The van der Waals surface area contributed by atoms with Crippen LogP contribution in [0.15, 0.2) is 24.3 Å². The van der Waals surface area contributed by atoms with Crippen LogP contribution in [-0.4, -0.2) is 29.9 Å². The second-order valence-electron chi connectivity index (χ2n) is 6.28. The molecular formula is C18H28N2O3. The lowest BCUT2D eigenvalue weighted by Gasteiger charge is -2.26. The van der Waals surface area contributed by atoms with Gasteiger partial charge < -0.3 is 20.5 Å². The smallest absolute Gasteiger partial charge is 0.319 e. The van der Waals surface area contributed by atoms with Crippen molar-refractivity contribution < 1.29 is 14.6 Å². The molecule has 0 aliphatic heterocycles. The van der Waals surface area contributed by atoms with Crippen LogP contribution in [0, 0.1) is 0 Å². The lowest BCUT2D eigenvalue weighted by Crippen LogP contribution is -2.44. The number of hydrogen-bond donors (Lipinski definition) is 3. The fourth-order valence-corrected chi connectivity index (χ4v) is 2.89. The topological polar surface area (TPSA) is 70.6 Å². The molecule has 23 heavy (non-hydrogen) atoms. The third kappa shape index (κ3) is 6.20. The minimum atomic E-state index is -0.755. The van der Waals surface area contributed by atoms with Crippen molar-refractivity contribution in [2.24, 2.45) is 0 Å². The zero-order chi connectivity index (χ0) is 16.5. The number of aliphatic hydroxyl groups is 1. The van der Waals surface area contributed by atoms with Crippen molar-refractivity contribution in [3.8, 4) is 0 Å². The molecule has 0 saturated heterocycles. The number of urea groups is 1. The Bertz CT molecular complexity index is 480. The first-order valence-corrected chi connectivity index (χ1v) is 8.55. The molecule has 0 radical (unpaired) electrons. The molecule has 2 rings (SSSR count). The van der Waals surface area contributed by atoms with E-state index in [2.05, 4.69) is 10.6 Å². The number of rotatable bonds is 6. The van der Waals surface area contributed by atoms with Gasteiger partial charge in [-0.1, -0.05) is 37.8 Å². The van der Waals surface area contributed by atoms with E-state index in [-0.39, 0.29) is 6.03 Å². The van der Waals surface area contributed by atoms with Crippen LogP contribution >= 0.6 is 0 Å². The number of carbonyl (C=O) groups is 1. The Morgan fingerprint density at radius 2 is 1.83 bits per heavy atom. The first kappa shape index (κ1) is 17.8. The van der Waals surface area contributed by atoms with Crippen LogP contribution in [0.3, 0.4) is 0 Å². The van der Waals surface area contributed by atoms with E-state index in [4.69, 9.17) is 4.74 Å². The van der Waals surface area contributed by atoms with Crippen LogP contribution in [0.2, 0.25) is 0 Å². The van der Waals surface area contributed by atoms with Crippen LogP contribution in [0.25, 0.3) is 0 Å². The van der Waals surface area contributed by atoms with Crippen LogP contribution < -0.4 is 10.6 Å². The Morgan fingerprint density at radius 1 is 1.17 bits per heavy atom. The average Bonchev–Trinajstić information content (AvgIpc) is 2.78. The zero-order valence-corrected chi connectivity index (χ0v) is 13.9. The Balaban J connectivity index is 1.77. The van der Waals surface area contributed by atoms with Gasteiger partial charge in [-0.05, 0) is 37.5 Å². The molecule has 1 aliphatic carbocycles. The minimum Gasteiger partial charge on any atom is -0.388 e. The molecule has 0 atom stereocenters. The van der Waals surface area contributed by atoms with Crippen molar-refractivity contribution >= 4 is 11.7 Å². The normalized spacial score (nSPS) is 17.3. The number of ether oxygens (including phenoxy) is 1. The van der Waals surface area contributed by atoms with E-state index in [0.717, 1.165) is 36.9 Å². The third-order valence-corrected chi connectivity index (χ3v) is 4.30. The molecule has 1 aromatic rings. The molecule has 128 valence electrons. The number of anilines is 1. The van der Waals surface area contributed by atoms with Crippen LogP contribution in [0.5, 0.6) is 0 Å². The lowest BCUT2D eigenvalue weighted by atomic mass is 9.95. The van der Waals surface area contributed by atoms with Crippen molar-refractivity contribution in [2.75, 3.05) is 18.5 Å². The van der Waals surface area contributed by atoms with E-state index in [1.807, 2.05) is 31.2 Å². The molecule has 0 heterocycles. The fraction of sp³-hybridized carbons (Fsp3) is 0.611. The maximum Gasteiger partial charge on any atom is 0.319 e. The summed E-state index contributed by atoms with van der Waals surface area (Å²) in [6.07, 6.45) is 5.92. The summed E-state index contributed by atoms with van der Waals surface area (Å²) in [6, 6.07) is 7.30. The highest BCUT2D eigenvalue weighted by Crippen LogP contribution is 2.26. The van der Waals surface area contributed by atoms with Crippen molar-refractivity contribution in [2.45, 2.75) is 57.7 Å².